The molecular formula is C26H35N3O4S. The predicted octanol–water partition coefficient (Wildman–Crippen LogP) is 3.85. The molecule has 0 aromatic heterocycles. The van der Waals surface area contributed by atoms with Crippen molar-refractivity contribution in [2.45, 2.75) is 69.0 Å². The number of unbranched alkanes of at least 4 members (excludes halogenated alkanes) is 1. The van der Waals surface area contributed by atoms with Crippen LogP contribution < -0.4 is 20.7 Å². The molecule has 0 unspecified atom stereocenters. The number of thioether (sulfide) groups is 1. The fraction of sp³-hybridized carbons (Fsp3) is 0.538. The van der Waals surface area contributed by atoms with Crippen molar-refractivity contribution in [3.05, 3.63) is 42.5 Å². The van der Waals surface area contributed by atoms with Crippen LogP contribution in [0, 0.1) is 0 Å². The first-order chi connectivity index (χ1) is 16.5. The Labute approximate surface area is 205 Å². The Morgan fingerprint density at radius 1 is 1.15 bits per heavy atom. The van der Waals surface area contributed by atoms with E-state index in [0.717, 1.165) is 41.5 Å². The van der Waals surface area contributed by atoms with Gasteiger partial charge in [-0.2, -0.15) is 11.8 Å². The normalized spacial score (nSPS) is 22.3. The molecular weight excluding hydrogens is 450 g/mol. The van der Waals surface area contributed by atoms with Crippen molar-refractivity contribution in [1.82, 2.24) is 16.0 Å². The zero-order valence-corrected chi connectivity index (χ0v) is 20.7. The molecule has 2 aromatic rings. The third-order valence-corrected chi connectivity index (χ3v) is 7.79. The molecule has 7 nitrogen and oxygen atoms in total. The molecule has 2 aliphatic heterocycles. The number of ether oxygens (including phenoxy) is 2. The van der Waals surface area contributed by atoms with Crippen LogP contribution in [0.2, 0.25) is 0 Å². The van der Waals surface area contributed by atoms with Gasteiger partial charge < -0.3 is 25.4 Å². The Morgan fingerprint density at radius 3 is 2.82 bits per heavy atom. The number of carbonyl (C=O) groups is 2. The summed E-state index contributed by atoms with van der Waals surface area (Å²) in [6, 6.07) is 14.8. The van der Waals surface area contributed by atoms with Crippen molar-refractivity contribution < 1.29 is 19.1 Å². The Kier molecular flexibility index (Phi) is 8.56. The van der Waals surface area contributed by atoms with E-state index >= 15 is 0 Å². The van der Waals surface area contributed by atoms with E-state index in [2.05, 4.69) is 41.9 Å². The lowest BCUT2D eigenvalue weighted by molar-refractivity contribution is -0.150. The third kappa shape index (κ3) is 6.57. The molecule has 2 fully saturated rings. The van der Waals surface area contributed by atoms with Crippen LogP contribution in [0.4, 0.5) is 4.79 Å². The molecule has 184 valence electrons. The van der Waals surface area contributed by atoms with E-state index in [4.69, 9.17) is 9.47 Å². The maximum absolute atomic E-state index is 12.6. The van der Waals surface area contributed by atoms with Crippen LogP contribution in [0.25, 0.3) is 10.8 Å². The molecule has 2 heterocycles. The van der Waals surface area contributed by atoms with Crippen molar-refractivity contribution in [1.29, 1.82) is 0 Å². The molecule has 8 heteroatoms. The number of hydrogen-bond donors (Lipinski definition) is 3. The minimum atomic E-state index is -0.361. The van der Waals surface area contributed by atoms with E-state index in [1.54, 1.807) is 0 Å². The highest BCUT2D eigenvalue weighted by atomic mass is 32.2. The summed E-state index contributed by atoms with van der Waals surface area (Å²) in [4.78, 5) is 24.1. The number of nitrogens with one attached hydrogen (secondary N) is 3. The number of hydrogen-bond acceptors (Lipinski definition) is 6. The van der Waals surface area contributed by atoms with Crippen LogP contribution in [-0.4, -0.2) is 60.4 Å². The van der Waals surface area contributed by atoms with Gasteiger partial charge in [0.05, 0.1) is 12.1 Å². The maximum Gasteiger partial charge on any atom is 0.315 e. The third-order valence-electron chi connectivity index (χ3n) is 6.28. The monoisotopic (exact) mass is 485 g/mol. The summed E-state index contributed by atoms with van der Waals surface area (Å²) in [7, 11) is 0. The van der Waals surface area contributed by atoms with Crippen molar-refractivity contribution in [3.63, 3.8) is 0 Å². The van der Waals surface area contributed by atoms with Crippen molar-refractivity contribution in [2.24, 2.45) is 0 Å². The van der Waals surface area contributed by atoms with E-state index in [0.29, 0.717) is 24.8 Å². The molecule has 2 aliphatic rings. The first-order valence-electron chi connectivity index (χ1n) is 12.2. The molecule has 2 saturated heterocycles. The highest BCUT2D eigenvalue weighted by molar-refractivity contribution is 8.00. The van der Waals surface area contributed by atoms with Gasteiger partial charge in [0.15, 0.2) is 0 Å². The van der Waals surface area contributed by atoms with Crippen LogP contribution in [-0.2, 0) is 9.53 Å². The summed E-state index contributed by atoms with van der Waals surface area (Å²) >= 11 is 1.90. The second kappa shape index (κ2) is 11.8. The van der Waals surface area contributed by atoms with E-state index in [1.807, 2.05) is 42.1 Å². The van der Waals surface area contributed by atoms with Gasteiger partial charge >= 0.3 is 12.0 Å². The molecule has 4 rings (SSSR count). The Hall–Kier alpha value is -2.45. The van der Waals surface area contributed by atoms with Crippen molar-refractivity contribution in [2.75, 3.05) is 18.9 Å². The number of carbonyl (C=O) groups excluding carboxylic acids is 2. The number of urea groups is 1. The zero-order chi connectivity index (χ0) is 23.9. The van der Waals surface area contributed by atoms with E-state index < -0.39 is 0 Å². The molecule has 0 spiro atoms. The van der Waals surface area contributed by atoms with E-state index in [1.165, 1.54) is 0 Å². The zero-order valence-electron chi connectivity index (χ0n) is 19.9. The predicted molar refractivity (Wildman–Crippen MR) is 136 cm³/mol. The van der Waals surface area contributed by atoms with Gasteiger partial charge in [-0.1, -0.05) is 56.7 Å². The lowest BCUT2D eigenvalue weighted by atomic mass is 10.0. The molecule has 2 amide bonds. The maximum atomic E-state index is 12.6. The molecule has 0 saturated carbocycles. The van der Waals surface area contributed by atoms with Gasteiger partial charge in [-0.3, -0.25) is 4.79 Å². The van der Waals surface area contributed by atoms with Crippen LogP contribution in [0.3, 0.4) is 0 Å². The van der Waals surface area contributed by atoms with Crippen LogP contribution >= 0.6 is 11.8 Å². The van der Waals surface area contributed by atoms with Gasteiger partial charge in [0.1, 0.15) is 18.5 Å². The lowest BCUT2D eigenvalue weighted by Gasteiger charge is -2.21. The Balaban J connectivity index is 1.23. The standard InChI is InChI=1S/C26H35N3O4S/c1-17(2)27-14-19(15-32-22-11-7-9-18-8-3-4-10-20(18)22)33-24(30)13-6-5-12-23-25-21(16-34-23)28-26(31)29-25/h3-4,7-11,17,19,21,23,25,27H,5-6,12-16H2,1-2H3,(H2,28,29,31)/t19-,21+,23+,25+/m1/s1. The number of benzene rings is 2. The molecule has 0 aliphatic carbocycles. The Bertz CT molecular complexity index is 980. The highest BCUT2D eigenvalue weighted by Crippen LogP contribution is 2.33. The molecule has 4 atom stereocenters. The summed E-state index contributed by atoms with van der Waals surface area (Å²) in [5.74, 6) is 1.56. The smallest absolute Gasteiger partial charge is 0.315 e. The number of esters is 1. The molecule has 34 heavy (non-hydrogen) atoms. The SMILES string of the molecule is CC(C)NC[C@H](COc1cccc2ccccc12)OC(=O)CCCC[C@@H]1SC[C@@H]2NC(=O)N[C@@H]21. The van der Waals surface area contributed by atoms with E-state index in [9.17, 15) is 9.59 Å². The van der Waals surface area contributed by atoms with Gasteiger partial charge in [-0.25, -0.2) is 4.79 Å². The first-order valence-corrected chi connectivity index (χ1v) is 13.3. The number of amides is 2. The van der Waals surface area contributed by atoms with Crippen molar-refractivity contribution in [3.8, 4) is 5.75 Å². The fourth-order valence-electron chi connectivity index (χ4n) is 4.51. The van der Waals surface area contributed by atoms with Crippen LogP contribution in [0.1, 0.15) is 39.5 Å². The highest BCUT2D eigenvalue weighted by Gasteiger charge is 2.42. The largest absolute Gasteiger partial charge is 0.489 e. The lowest BCUT2D eigenvalue weighted by Crippen LogP contribution is -2.38. The topological polar surface area (TPSA) is 88.7 Å². The molecule has 0 bridgehead atoms. The average molecular weight is 486 g/mol. The summed E-state index contributed by atoms with van der Waals surface area (Å²) in [5.41, 5.74) is 0. The summed E-state index contributed by atoms with van der Waals surface area (Å²) in [6.45, 7) is 4.98. The van der Waals surface area contributed by atoms with Gasteiger partial charge in [-0.05, 0) is 24.3 Å². The summed E-state index contributed by atoms with van der Waals surface area (Å²) in [5, 5.41) is 11.9. The first kappa shape index (κ1) is 24.7. The van der Waals surface area contributed by atoms with Gasteiger partial charge in [0.2, 0.25) is 0 Å². The second-order valence-corrected chi connectivity index (χ2v) is 10.6. The second-order valence-electron chi connectivity index (χ2n) is 9.33. The van der Waals surface area contributed by atoms with Gasteiger partial charge in [0.25, 0.3) is 0 Å². The van der Waals surface area contributed by atoms with Crippen LogP contribution in [0.15, 0.2) is 42.5 Å². The average Bonchev–Trinajstić information content (AvgIpc) is 3.37. The summed E-state index contributed by atoms with van der Waals surface area (Å²) in [6.07, 6.45) is 2.74. The van der Waals surface area contributed by atoms with Crippen molar-refractivity contribution >= 4 is 34.5 Å². The minimum Gasteiger partial charge on any atom is -0.489 e. The molecule has 2 aromatic carbocycles. The fourth-order valence-corrected chi connectivity index (χ4v) is 6.05. The van der Waals surface area contributed by atoms with Gasteiger partial charge in [0, 0.05) is 35.4 Å². The van der Waals surface area contributed by atoms with Crippen LogP contribution in [0.5, 0.6) is 5.75 Å². The molecule has 0 radical (unpaired) electrons. The number of rotatable bonds is 12. The quantitative estimate of drug-likeness (QED) is 0.240. The number of fused-ring (bicyclic) bond motifs is 2. The summed E-state index contributed by atoms with van der Waals surface area (Å²) < 4.78 is 11.9. The van der Waals surface area contributed by atoms with Gasteiger partial charge in [-0.15, -0.1) is 0 Å². The molecule has 3 N–H and O–H groups in total. The van der Waals surface area contributed by atoms with E-state index in [-0.39, 0.29) is 36.2 Å². The Morgan fingerprint density at radius 2 is 1.97 bits per heavy atom. The minimum absolute atomic E-state index is 0.0596.